The van der Waals surface area contributed by atoms with Gasteiger partial charge in [-0.2, -0.15) is 0 Å². The molecule has 1 heterocycles. The number of hydrogen-bond acceptors (Lipinski definition) is 4. The van der Waals surface area contributed by atoms with Crippen LogP contribution in [0.3, 0.4) is 0 Å². The topological polar surface area (TPSA) is 104 Å². The van der Waals surface area contributed by atoms with Crippen LogP contribution in [0.2, 0.25) is 0 Å². The molecule has 0 radical (unpaired) electrons. The first-order valence-electron chi connectivity index (χ1n) is 7.41. The van der Waals surface area contributed by atoms with Gasteiger partial charge in [0.05, 0.1) is 6.04 Å². The molecule has 2 atom stereocenters. The van der Waals surface area contributed by atoms with Crippen LogP contribution in [0.25, 0.3) is 10.4 Å². The van der Waals surface area contributed by atoms with Gasteiger partial charge in [-0.15, -0.1) is 0 Å². The van der Waals surface area contributed by atoms with Crippen molar-refractivity contribution in [1.29, 1.82) is 0 Å². The van der Waals surface area contributed by atoms with Gasteiger partial charge in [0.2, 0.25) is 5.91 Å². The van der Waals surface area contributed by atoms with E-state index >= 15 is 0 Å². The fourth-order valence-electron chi connectivity index (χ4n) is 2.24. The quantitative estimate of drug-likeness (QED) is 0.298. The van der Waals surface area contributed by atoms with Gasteiger partial charge < -0.3 is 10.1 Å². The van der Waals surface area contributed by atoms with E-state index < -0.39 is 18.1 Å². The summed E-state index contributed by atoms with van der Waals surface area (Å²) in [6.45, 7) is -0.00422. The van der Waals surface area contributed by atoms with E-state index in [1.165, 1.54) is 0 Å². The number of esters is 1. The summed E-state index contributed by atoms with van der Waals surface area (Å²) in [4.78, 5) is 26.7. The Kier molecular flexibility index (Phi) is 6.20. The van der Waals surface area contributed by atoms with E-state index in [-0.39, 0.29) is 18.9 Å². The van der Waals surface area contributed by atoms with Crippen LogP contribution >= 0.6 is 0 Å². The second kappa shape index (κ2) is 8.60. The van der Waals surface area contributed by atoms with E-state index in [9.17, 15) is 9.59 Å². The molecule has 23 heavy (non-hydrogen) atoms. The van der Waals surface area contributed by atoms with Gasteiger partial charge in [0.1, 0.15) is 12.6 Å². The molecule has 1 aromatic carbocycles. The van der Waals surface area contributed by atoms with Crippen LogP contribution in [0.4, 0.5) is 0 Å². The molecule has 0 spiro atoms. The average molecular weight is 314 g/mol. The van der Waals surface area contributed by atoms with Crippen molar-refractivity contribution < 1.29 is 14.3 Å². The second-order valence-corrected chi connectivity index (χ2v) is 5.13. The van der Waals surface area contributed by atoms with Gasteiger partial charge >= 0.3 is 5.97 Å². The summed E-state index contributed by atoms with van der Waals surface area (Å²) in [5, 5.41) is 6.34. The molecule has 120 valence electrons. The van der Waals surface area contributed by atoms with Crippen molar-refractivity contribution in [3.63, 3.8) is 0 Å². The van der Waals surface area contributed by atoms with Crippen molar-refractivity contribution in [1.82, 2.24) is 5.32 Å². The van der Waals surface area contributed by atoms with Crippen LogP contribution in [0.5, 0.6) is 0 Å². The Morgan fingerprint density at radius 2 is 2.00 bits per heavy atom. The highest BCUT2D eigenvalue weighted by atomic mass is 16.5. The van der Waals surface area contributed by atoms with Gasteiger partial charge in [0.15, 0.2) is 0 Å². The zero-order valence-corrected chi connectivity index (χ0v) is 12.6. The highest BCUT2D eigenvalue weighted by Crippen LogP contribution is 2.15. The molecule has 0 unspecified atom stereocenters. The highest BCUT2D eigenvalue weighted by Gasteiger charge is 2.21. The summed E-state index contributed by atoms with van der Waals surface area (Å²) in [7, 11) is 0. The minimum atomic E-state index is -0.886. The van der Waals surface area contributed by atoms with E-state index in [1.807, 2.05) is 30.3 Å². The minimum Gasteiger partial charge on any atom is -0.463 e. The summed E-state index contributed by atoms with van der Waals surface area (Å²) in [6.07, 6.45) is 4.70. The maximum absolute atomic E-state index is 12.0. The number of allylic oxidation sites excluding steroid dienone is 1. The molecule has 2 rings (SSSR count). The number of cyclic esters (lactones) is 1. The molecule has 0 fully saturated rings. The summed E-state index contributed by atoms with van der Waals surface area (Å²) >= 11 is 0. The Morgan fingerprint density at radius 3 is 2.74 bits per heavy atom. The lowest BCUT2D eigenvalue weighted by molar-refractivity contribution is -0.146. The van der Waals surface area contributed by atoms with Crippen LogP contribution in [-0.4, -0.2) is 24.5 Å². The largest absolute Gasteiger partial charge is 0.463 e. The molecule has 0 saturated carbocycles. The summed E-state index contributed by atoms with van der Waals surface area (Å²) < 4.78 is 5.24. The maximum Gasteiger partial charge on any atom is 0.315 e. The lowest BCUT2D eigenvalue weighted by atomic mass is 10.1. The molecule has 1 aliphatic heterocycles. The summed E-state index contributed by atoms with van der Waals surface area (Å²) in [5.41, 5.74) is 9.41. The molecule has 0 saturated heterocycles. The lowest BCUT2D eigenvalue weighted by Gasteiger charge is -2.20. The zero-order valence-electron chi connectivity index (χ0n) is 12.6. The fourth-order valence-corrected chi connectivity index (χ4v) is 2.24. The maximum atomic E-state index is 12.0. The van der Waals surface area contributed by atoms with Crippen molar-refractivity contribution >= 4 is 11.9 Å². The Balaban J connectivity index is 2.18. The first-order valence-corrected chi connectivity index (χ1v) is 7.41. The number of hydrogen-bond donors (Lipinski definition) is 1. The van der Waals surface area contributed by atoms with Crippen LogP contribution in [0.1, 0.15) is 30.9 Å². The van der Waals surface area contributed by atoms with E-state index in [2.05, 4.69) is 15.3 Å². The molecule has 1 aliphatic rings. The second-order valence-electron chi connectivity index (χ2n) is 5.13. The Bertz CT molecular complexity index is 623. The van der Waals surface area contributed by atoms with Crippen molar-refractivity contribution in [3.05, 3.63) is 58.5 Å². The zero-order chi connectivity index (χ0) is 16.5. The van der Waals surface area contributed by atoms with E-state index in [0.29, 0.717) is 12.8 Å². The Morgan fingerprint density at radius 1 is 1.22 bits per heavy atom. The van der Waals surface area contributed by atoms with Gasteiger partial charge in [0, 0.05) is 11.3 Å². The number of azide groups is 1. The number of ether oxygens (including phenoxy) is 1. The molecule has 1 N–H and O–H groups in total. The van der Waals surface area contributed by atoms with Crippen LogP contribution in [-0.2, 0) is 14.3 Å². The molecule has 7 nitrogen and oxygen atoms in total. The van der Waals surface area contributed by atoms with Crippen molar-refractivity contribution in [2.24, 2.45) is 5.11 Å². The minimum absolute atomic E-state index is 0.00422. The van der Waals surface area contributed by atoms with Gasteiger partial charge in [-0.05, 0) is 23.9 Å². The smallest absolute Gasteiger partial charge is 0.315 e. The van der Waals surface area contributed by atoms with E-state index in [1.54, 1.807) is 12.2 Å². The molecule has 0 bridgehead atoms. The predicted octanol–water partition coefficient (Wildman–Crippen LogP) is 2.81. The normalized spacial score (nSPS) is 24.2. The fraction of sp³-hybridized carbons (Fsp3) is 0.375. The SMILES string of the molecule is [N-]=[N+]=N[C@@H]1C/C=C\CCC(=O)N[C@H](c2ccccc2)COC1=O. The molecule has 7 heteroatoms. The van der Waals surface area contributed by atoms with E-state index in [0.717, 1.165) is 5.56 Å². The summed E-state index contributed by atoms with van der Waals surface area (Å²) in [6, 6.07) is 7.97. The van der Waals surface area contributed by atoms with Crippen molar-refractivity contribution in [3.8, 4) is 0 Å². The van der Waals surface area contributed by atoms with Crippen LogP contribution in [0.15, 0.2) is 47.6 Å². The van der Waals surface area contributed by atoms with Gasteiger partial charge in [-0.1, -0.05) is 47.6 Å². The number of amides is 1. The number of nitrogens with zero attached hydrogens (tertiary/aromatic N) is 3. The van der Waals surface area contributed by atoms with Crippen molar-refractivity contribution in [2.75, 3.05) is 6.61 Å². The molecule has 0 aliphatic carbocycles. The third-order valence-corrected chi connectivity index (χ3v) is 3.46. The first kappa shape index (κ1) is 16.6. The van der Waals surface area contributed by atoms with Crippen LogP contribution in [0, 0.1) is 0 Å². The molecular formula is C16H18N4O3. The number of carbonyl (C=O) groups excluding carboxylic acids is 2. The predicted molar refractivity (Wildman–Crippen MR) is 84.2 cm³/mol. The van der Waals surface area contributed by atoms with Crippen LogP contribution < -0.4 is 5.32 Å². The number of rotatable bonds is 2. The van der Waals surface area contributed by atoms with Gasteiger partial charge in [0.25, 0.3) is 0 Å². The number of carbonyl (C=O) groups is 2. The molecule has 1 aromatic rings. The standard InChI is InChI=1S/C16H18N4O3/c17-20-19-13-9-5-2-6-10-15(21)18-14(11-23-16(13)22)12-7-3-1-4-8-12/h1-5,7-8,13-14H,6,9-11H2,(H,18,21)/b5-2-/t13-,14+/m1/s1. The Labute approximate surface area is 134 Å². The lowest BCUT2D eigenvalue weighted by Crippen LogP contribution is -2.33. The third-order valence-electron chi connectivity index (χ3n) is 3.46. The van der Waals surface area contributed by atoms with Crippen molar-refractivity contribution in [2.45, 2.75) is 31.3 Å². The monoisotopic (exact) mass is 314 g/mol. The van der Waals surface area contributed by atoms with E-state index in [4.69, 9.17) is 10.3 Å². The molecule has 1 amide bonds. The Hall–Kier alpha value is -2.79. The third kappa shape index (κ3) is 5.16. The van der Waals surface area contributed by atoms with Gasteiger partial charge in [-0.3, -0.25) is 9.59 Å². The first-order chi connectivity index (χ1) is 11.2. The number of nitrogens with one attached hydrogen (secondary N) is 1. The summed E-state index contributed by atoms with van der Waals surface area (Å²) in [5.74, 6) is -0.699. The molecule has 0 aromatic heterocycles. The van der Waals surface area contributed by atoms with Gasteiger partial charge in [-0.25, -0.2) is 0 Å². The highest BCUT2D eigenvalue weighted by molar-refractivity contribution is 5.77. The average Bonchev–Trinajstić information content (AvgIpc) is 2.56. The molecular weight excluding hydrogens is 296 g/mol. The number of benzene rings is 1.